The van der Waals surface area contributed by atoms with Crippen LogP contribution < -0.4 is 0 Å². The maximum atomic E-state index is 12.5. The molecule has 1 heterocycles. The Bertz CT molecular complexity index is 336. The van der Waals surface area contributed by atoms with Gasteiger partial charge in [-0.05, 0) is 0 Å². The first-order chi connectivity index (χ1) is 5.96. The molecule has 1 N–H and O–H groups in total. The normalized spacial score (nSPS) is 11.2. The molecule has 4 nitrogen and oxygen atoms in total. The molecule has 0 saturated carbocycles. The van der Waals surface area contributed by atoms with Crippen molar-refractivity contribution in [2.45, 2.75) is 5.92 Å². The van der Waals surface area contributed by atoms with E-state index in [1.54, 1.807) is 0 Å². The predicted molar refractivity (Wildman–Crippen MR) is 39.0 cm³/mol. The highest BCUT2D eigenvalue weighted by molar-refractivity contribution is 7.11. The number of aliphatic carboxylic acids is 1. The van der Waals surface area contributed by atoms with Gasteiger partial charge in [0.25, 0.3) is 5.78 Å². The number of alkyl halides is 2. The van der Waals surface area contributed by atoms with Gasteiger partial charge in [-0.25, -0.2) is 4.79 Å². The Morgan fingerprint density at radius 1 is 1.54 bits per heavy atom. The number of Topliss-reactive ketones (excluding diaryl/α,β-unsaturated/α-hetero) is 1. The van der Waals surface area contributed by atoms with Crippen LogP contribution in [0.1, 0.15) is 9.67 Å². The first-order valence-corrected chi connectivity index (χ1v) is 3.88. The van der Waals surface area contributed by atoms with E-state index < -0.39 is 17.7 Å². The highest BCUT2D eigenvalue weighted by Crippen LogP contribution is 2.22. The van der Waals surface area contributed by atoms with Crippen LogP contribution >= 0.6 is 11.3 Å². The molecule has 0 spiro atoms. The van der Waals surface area contributed by atoms with Gasteiger partial charge >= 0.3 is 11.9 Å². The molecule has 0 amide bonds. The largest absolute Gasteiger partial charge is 0.476 e. The fourth-order valence-corrected chi connectivity index (χ4v) is 1.17. The van der Waals surface area contributed by atoms with E-state index in [1.807, 2.05) is 0 Å². The fraction of sp³-hybridized carbons (Fsp3) is 0.167. The smallest absolute Gasteiger partial charge is 0.404 e. The second kappa shape index (κ2) is 3.17. The minimum atomic E-state index is -4.37. The number of carbonyl (C=O) groups excluding carboxylic acids is 1. The summed E-state index contributed by atoms with van der Waals surface area (Å²) < 4.78 is 25.1. The third-order valence-electron chi connectivity index (χ3n) is 1.21. The molecule has 1 aromatic rings. The van der Waals surface area contributed by atoms with Gasteiger partial charge in [-0.3, -0.25) is 9.78 Å². The molecule has 0 atom stereocenters. The van der Waals surface area contributed by atoms with Crippen molar-refractivity contribution in [1.29, 1.82) is 0 Å². The molecule has 0 radical (unpaired) electrons. The maximum absolute atomic E-state index is 12.5. The topological polar surface area (TPSA) is 67.3 Å². The molecule has 1 rings (SSSR count). The minimum Gasteiger partial charge on any atom is -0.476 e. The van der Waals surface area contributed by atoms with E-state index in [9.17, 15) is 18.4 Å². The highest BCUT2D eigenvalue weighted by Gasteiger charge is 2.48. The van der Waals surface area contributed by atoms with Crippen LogP contribution in [-0.2, 0) is 4.79 Å². The SMILES string of the molecule is O=C(O)C(F)(F)C(=O)c1cncs1. The Kier molecular flexibility index (Phi) is 2.37. The number of hydrogen-bond donors (Lipinski definition) is 1. The van der Waals surface area contributed by atoms with Crippen molar-refractivity contribution >= 4 is 23.1 Å². The number of aromatic nitrogens is 1. The molecule has 0 bridgehead atoms. The van der Waals surface area contributed by atoms with E-state index in [-0.39, 0.29) is 4.88 Å². The van der Waals surface area contributed by atoms with Gasteiger partial charge in [-0.15, -0.1) is 11.3 Å². The number of rotatable bonds is 3. The van der Waals surface area contributed by atoms with Gasteiger partial charge in [-0.1, -0.05) is 0 Å². The first kappa shape index (κ1) is 9.72. The second-order valence-corrected chi connectivity index (χ2v) is 2.96. The Labute approximate surface area is 74.8 Å². The summed E-state index contributed by atoms with van der Waals surface area (Å²) in [5.74, 6) is -8.56. The maximum Gasteiger partial charge on any atom is 0.404 e. The number of carboxylic acids is 1. The number of carboxylic acid groups (broad SMARTS) is 1. The zero-order valence-corrected chi connectivity index (χ0v) is 6.85. The lowest BCUT2D eigenvalue weighted by Crippen LogP contribution is -2.37. The molecule has 0 aliphatic carbocycles. The zero-order chi connectivity index (χ0) is 10.1. The molecule has 0 aliphatic heterocycles. The van der Waals surface area contributed by atoms with E-state index in [0.29, 0.717) is 11.3 Å². The summed E-state index contributed by atoms with van der Waals surface area (Å²) in [4.78, 5) is 23.8. The van der Waals surface area contributed by atoms with Crippen LogP contribution in [0.5, 0.6) is 0 Å². The standard InChI is InChI=1S/C6H3F2NO3S/c7-6(8,5(11)12)4(10)3-1-9-2-13-3/h1-2H,(H,11,12). The van der Waals surface area contributed by atoms with E-state index in [0.717, 1.165) is 6.20 Å². The lowest BCUT2D eigenvalue weighted by Gasteiger charge is -2.06. The average Bonchev–Trinajstić information content (AvgIpc) is 2.54. The van der Waals surface area contributed by atoms with Gasteiger partial charge in [0.2, 0.25) is 0 Å². The Hall–Kier alpha value is -1.37. The molecule has 0 fully saturated rings. The van der Waals surface area contributed by atoms with Crippen LogP contribution in [0.2, 0.25) is 0 Å². The molecular formula is C6H3F2NO3S. The Morgan fingerprint density at radius 2 is 2.15 bits per heavy atom. The lowest BCUT2D eigenvalue weighted by molar-refractivity contribution is -0.157. The Morgan fingerprint density at radius 3 is 2.54 bits per heavy atom. The van der Waals surface area contributed by atoms with Gasteiger partial charge in [-0.2, -0.15) is 8.78 Å². The molecular weight excluding hydrogens is 204 g/mol. The van der Waals surface area contributed by atoms with Crippen molar-refractivity contribution in [2.75, 3.05) is 0 Å². The van der Waals surface area contributed by atoms with Crippen molar-refractivity contribution in [3.63, 3.8) is 0 Å². The molecule has 0 aromatic carbocycles. The van der Waals surface area contributed by atoms with Crippen LogP contribution in [0.4, 0.5) is 8.78 Å². The van der Waals surface area contributed by atoms with Crippen molar-refractivity contribution in [2.24, 2.45) is 0 Å². The summed E-state index contributed by atoms with van der Waals surface area (Å²) in [6, 6.07) is 0. The van der Waals surface area contributed by atoms with Gasteiger partial charge in [0.1, 0.15) is 0 Å². The first-order valence-electron chi connectivity index (χ1n) is 3.00. The van der Waals surface area contributed by atoms with Crippen LogP contribution in [-0.4, -0.2) is 27.8 Å². The van der Waals surface area contributed by atoms with Crippen LogP contribution in [0.25, 0.3) is 0 Å². The third-order valence-corrected chi connectivity index (χ3v) is 1.98. The zero-order valence-electron chi connectivity index (χ0n) is 6.03. The van der Waals surface area contributed by atoms with Gasteiger partial charge in [0.05, 0.1) is 10.4 Å². The number of halogens is 2. The van der Waals surface area contributed by atoms with Crippen LogP contribution in [0.15, 0.2) is 11.7 Å². The number of carbonyl (C=O) groups is 2. The quantitative estimate of drug-likeness (QED) is 0.594. The lowest BCUT2D eigenvalue weighted by atomic mass is 10.2. The van der Waals surface area contributed by atoms with Gasteiger partial charge < -0.3 is 5.11 Å². The fourth-order valence-electron chi connectivity index (χ4n) is 0.580. The highest BCUT2D eigenvalue weighted by atomic mass is 32.1. The van der Waals surface area contributed by atoms with Gasteiger partial charge in [0.15, 0.2) is 0 Å². The Balaban J connectivity index is 2.98. The number of hydrogen-bond acceptors (Lipinski definition) is 4. The molecule has 7 heteroatoms. The number of thiazole rings is 1. The predicted octanol–water partition coefficient (Wildman–Crippen LogP) is 1.05. The second-order valence-electron chi connectivity index (χ2n) is 2.07. The van der Waals surface area contributed by atoms with Crippen molar-refractivity contribution in [3.8, 4) is 0 Å². The summed E-state index contributed by atoms with van der Waals surface area (Å²) >= 11 is 0.671. The molecule has 70 valence electrons. The summed E-state index contributed by atoms with van der Waals surface area (Å²) in [5.41, 5.74) is 1.17. The number of nitrogens with zero attached hydrogens (tertiary/aromatic N) is 1. The number of ketones is 1. The molecule has 0 saturated heterocycles. The average molecular weight is 207 g/mol. The van der Waals surface area contributed by atoms with E-state index >= 15 is 0 Å². The monoisotopic (exact) mass is 207 g/mol. The van der Waals surface area contributed by atoms with Crippen LogP contribution in [0.3, 0.4) is 0 Å². The van der Waals surface area contributed by atoms with E-state index in [2.05, 4.69) is 4.98 Å². The molecule has 13 heavy (non-hydrogen) atoms. The summed E-state index contributed by atoms with van der Waals surface area (Å²) in [7, 11) is 0. The third kappa shape index (κ3) is 1.69. The molecule has 1 aromatic heterocycles. The van der Waals surface area contributed by atoms with E-state index in [4.69, 9.17) is 5.11 Å². The summed E-state index contributed by atoms with van der Waals surface area (Å²) in [6.07, 6.45) is 0.907. The van der Waals surface area contributed by atoms with Crippen LogP contribution in [0, 0.1) is 0 Å². The van der Waals surface area contributed by atoms with Crippen molar-refractivity contribution in [1.82, 2.24) is 4.98 Å². The molecule has 0 aliphatic rings. The minimum absolute atomic E-state index is 0.368. The van der Waals surface area contributed by atoms with E-state index in [1.165, 1.54) is 5.51 Å². The van der Waals surface area contributed by atoms with Gasteiger partial charge in [0, 0.05) is 6.20 Å². The van der Waals surface area contributed by atoms with Crippen molar-refractivity contribution in [3.05, 3.63) is 16.6 Å². The summed E-state index contributed by atoms with van der Waals surface area (Å²) in [5, 5.41) is 8.02. The summed E-state index contributed by atoms with van der Waals surface area (Å²) in [6.45, 7) is 0. The molecule has 0 unspecified atom stereocenters. The van der Waals surface area contributed by atoms with Crippen molar-refractivity contribution < 1.29 is 23.5 Å².